The SMILES string of the molecule is Cc1cc(-c2n[nH]cc2C)c2cccc(OCc3c(F)cnc(C)c3Cn3cccc(C#N)c3=O)c2n1. The number of para-hydroxylation sites is 1. The summed E-state index contributed by atoms with van der Waals surface area (Å²) < 4.78 is 22.6. The fraction of sp³-hybridized carbons (Fsp3) is 0.179. The topological polar surface area (TPSA) is 109 Å². The van der Waals surface area contributed by atoms with E-state index in [1.807, 2.05) is 44.3 Å². The van der Waals surface area contributed by atoms with Gasteiger partial charge in [0.25, 0.3) is 5.56 Å². The van der Waals surface area contributed by atoms with Gasteiger partial charge in [0.2, 0.25) is 0 Å². The van der Waals surface area contributed by atoms with Crippen molar-refractivity contribution in [3.8, 4) is 23.1 Å². The maximum absolute atomic E-state index is 15.0. The summed E-state index contributed by atoms with van der Waals surface area (Å²) in [6, 6.07) is 12.5. The Morgan fingerprint density at radius 2 is 2.00 bits per heavy atom. The quantitative estimate of drug-likeness (QED) is 0.365. The molecule has 1 aromatic carbocycles. The van der Waals surface area contributed by atoms with E-state index in [1.54, 1.807) is 25.3 Å². The molecule has 0 spiro atoms. The van der Waals surface area contributed by atoms with Crippen molar-refractivity contribution in [2.24, 2.45) is 0 Å². The number of benzene rings is 1. The van der Waals surface area contributed by atoms with Gasteiger partial charge in [0.15, 0.2) is 0 Å². The second-order valence-corrected chi connectivity index (χ2v) is 8.78. The van der Waals surface area contributed by atoms with E-state index in [0.29, 0.717) is 22.5 Å². The summed E-state index contributed by atoms with van der Waals surface area (Å²) in [7, 11) is 0. The minimum atomic E-state index is -0.540. The van der Waals surface area contributed by atoms with E-state index in [0.717, 1.165) is 34.1 Å². The van der Waals surface area contributed by atoms with E-state index in [-0.39, 0.29) is 24.3 Å². The van der Waals surface area contributed by atoms with E-state index in [4.69, 9.17) is 9.72 Å². The molecule has 0 aliphatic heterocycles. The van der Waals surface area contributed by atoms with Crippen LogP contribution in [-0.4, -0.2) is 24.7 Å². The van der Waals surface area contributed by atoms with Crippen molar-refractivity contribution >= 4 is 10.9 Å². The molecule has 0 fully saturated rings. The first kappa shape index (κ1) is 23.9. The number of H-pyrrole nitrogens is 1. The molecule has 184 valence electrons. The minimum Gasteiger partial charge on any atom is -0.486 e. The van der Waals surface area contributed by atoms with Crippen LogP contribution in [0.3, 0.4) is 0 Å². The molecule has 4 aromatic heterocycles. The molecule has 5 aromatic rings. The van der Waals surface area contributed by atoms with Gasteiger partial charge in [0, 0.05) is 45.9 Å². The number of aromatic amines is 1. The van der Waals surface area contributed by atoms with Crippen molar-refractivity contribution in [2.75, 3.05) is 0 Å². The lowest BCUT2D eigenvalue weighted by atomic mass is 10.0. The minimum absolute atomic E-state index is 0.0162. The Labute approximate surface area is 212 Å². The molecule has 0 unspecified atom stereocenters. The molecule has 4 heterocycles. The molecule has 0 aliphatic carbocycles. The van der Waals surface area contributed by atoms with Gasteiger partial charge in [-0.05, 0) is 50.6 Å². The number of nitrogens with one attached hydrogen (secondary N) is 1. The maximum atomic E-state index is 15.0. The summed E-state index contributed by atoms with van der Waals surface area (Å²) in [6.07, 6.45) is 4.55. The number of nitrogens with zero attached hydrogens (tertiary/aromatic N) is 5. The number of hydrogen-bond donors (Lipinski definition) is 1. The number of rotatable bonds is 6. The standard InChI is InChI=1S/C28H23FN6O2/c1-16-12-32-34-26(16)21-10-17(2)33-27-20(21)7-4-8-25(27)37-15-23-22(18(3)31-13-24(23)29)14-35-9-5-6-19(11-30)28(35)36/h4-10,12-13H,14-15H2,1-3H3,(H,32,34). The molecule has 9 heteroatoms. The fourth-order valence-corrected chi connectivity index (χ4v) is 4.39. The maximum Gasteiger partial charge on any atom is 0.268 e. The number of nitriles is 1. The van der Waals surface area contributed by atoms with Crippen LogP contribution in [-0.2, 0) is 13.2 Å². The van der Waals surface area contributed by atoms with Crippen LogP contribution >= 0.6 is 0 Å². The van der Waals surface area contributed by atoms with E-state index in [9.17, 15) is 10.1 Å². The molecule has 5 rings (SSSR count). The molecule has 0 bridgehead atoms. The highest BCUT2D eigenvalue weighted by Crippen LogP contribution is 2.34. The molecule has 1 N–H and O–H groups in total. The Balaban J connectivity index is 1.54. The van der Waals surface area contributed by atoms with Crippen LogP contribution in [0.2, 0.25) is 0 Å². The summed E-state index contributed by atoms with van der Waals surface area (Å²) in [5, 5.41) is 17.4. The van der Waals surface area contributed by atoms with Crippen molar-refractivity contribution < 1.29 is 9.13 Å². The first-order valence-electron chi connectivity index (χ1n) is 11.6. The molecule has 37 heavy (non-hydrogen) atoms. The first-order chi connectivity index (χ1) is 17.9. The molecule has 0 aliphatic rings. The highest BCUT2D eigenvalue weighted by Gasteiger charge is 2.18. The molecule has 0 amide bonds. The van der Waals surface area contributed by atoms with Crippen molar-refractivity contribution in [1.29, 1.82) is 5.26 Å². The molecule has 0 atom stereocenters. The molecular formula is C28H23FN6O2. The van der Waals surface area contributed by atoms with Crippen LogP contribution in [0.1, 0.15) is 33.6 Å². The van der Waals surface area contributed by atoms with Crippen LogP contribution < -0.4 is 10.3 Å². The monoisotopic (exact) mass is 494 g/mol. The van der Waals surface area contributed by atoms with E-state index in [1.165, 1.54) is 10.6 Å². The average molecular weight is 495 g/mol. The number of fused-ring (bicyclic) bond motifs is 1. The van der Waals surface area contributed by atoms with Gasteiger partial charge in [-0.1, -0.05) is 12.1 Å². The molecular weight excluding hydrogens is 471 g/mol. The zero-order chi connectivity index (χ0) is 26.1. The van der Waals surface area contributed by atoms with Crippen LogP contribution in [0.15, 0.2) is 59.8 Å². The molecule has 8 nitrogen and oxygen atoms in total. The van der Waals surface area contributed by atoms with Gasteiger partial charge in [-0.2, -0.15) is 10.4 Å². The van der Waals surface area contributed by atoms with Crippen LogP contribution in [0.5, 0.6) is 5.75 Å². The van der Waals surface area contributed by atoms with Crippen molar-refractivity contribution in [3.63, 3.8) is 0 Å². The Morgan fingerprint density at radius 1 is 1.16 bits per heavy atom. The highest BCUT2D eigenvalue weighted by molar-refractivity contribution is 5.97. The van der Waals surface area contributed by atoms with Crippen LogP contribution in [0, 0.1) is 37.9 Å². The third kappa shape index (κ3) is 4.45. The summed E-state index contributed by atoms with van der Waals surface area (Å²) in [5.41, 5.74) is 5.15. The number of pyridine rings is 3. The average Bonchev–Trinajstić information content (AvgIpc) is 3.32. The van der Waals surface area contributed by atoms with Gasteiger partial charge in [-0.3, -0.25) is 14.9 Å². The third-order valence-electron chi connectivity index (χ3n) is 6.32. The van der Waals surface area contributed by atoms with Gasteiger partial charge in [-0.15, -0.1) is 0 Å². The predicted molar refractivity (Wildman–Crippen MR) is 137 cm³/mol. The van der Waals surface area contributed by atoms with Crippen LogP contribution in [0.4, 0.5) is 4.39 Å². The van der Waals surface area contributed by atoms with Gasteiger partial charge in [0.05, 0.1) is 18.4 Å². The van der Waals surface area contributed by atoms with Gasteiger partial charge < -0.3 is 9.30 Å². The van der Waals surface area contributed by atoms with Gasteiger partial charge >= 0.3 is 0 Å². The van der Waals surface area contributed by atoms with Crippen LogP contribution in [0.25, 0.3) is 22.2 Å². The second-order valence-electron chi connectivity index (χ2n) is 8.78. The predicted octanol–water partition coefficient (Wildman–Crippen LogP) is 4.74. The largest absolute Gasteiger partial charge is 0.486 e. The molecule has 0 saturated carbocycles. The zero-order valence-corrected chi connectivity index (χ0v) is 20.5. The van der Waals surface area contributed by atoms with Crippen molar-refractivity contribution in [2.45, 2.75) is 33.9 Å². The summed E-state index contributed by atoms with van der Waals surface area (Å²) in [6.45, 7) is 5.59. The fourth-order valence-electron chi connectivity index (χ4n) is 4.39. The number of ether oxygens (including phenoxy) is 1. The van der Waals surface area contributed by atoms with E-state index in [2.05, 4.69) is 15.2 Å². The lowest BCUT2D eigenvalue weighted by Gasteiger charge is -2.16. The highest BCUT2D eigenvalue weighted by atomic mass is 19.1. The third-order valence-corrected chi connectivity index (χ3v) is 6.32. The lowest BCUT2D eigenvalue weighted by molar-refractivity contribution is 0.300. The number of halogens is 1. The number of hydrogen-bond acceptors (Lipinski definition) is 6. The summed E-state index contributed by atoms with van der Waals surface area (Å²) in [4.78, 5) is 21.4. The zero-order valence-electron chi connectivity index (χ0n) is 20.5. The Kier molecular flexibility index (Phi) is 6.24. The smallest absolute Gasteiger partial charge is 0.268 e. The normalized spacial score (nSPS) is 11.0. The lowest BCUT2D eigenvalue weighted by Crippen LogP contribution is -2.23. The van der Waals surface area contributed by atoms with E-state index < -0.39 is 11.4 Å². The van der Waals surface area contributed by atoms with Crippen molar-refractivity contribution in [3.05, 3.63) is 105 Å². The Morgan fingerprint density at radius 3 is 2.76 bits per heavy atom. The molecule has 0 saturated heterocycles. The van der Waals surface area contributed by atoms with E-state index >= 15 is 4.39 Å². The van der Waals surface area contributed by atoms with Gasteiger partial charge in [0.1, 0.15) is 35.3 Å². The van der Waals surface area contributed by atoms with Gasteiger partial charge in [-0.25, -0.2) is 9.37 Å². The number of aryl methyl sites for hydroxylation is 3. The second kappa shape index (κ2) is 9.66. The molecule has 0 radical (unpaired) electrons. The Bertz CT molecular complexity index is 1750. The number of aromatic nitrogens is 5. The first-order valence-corrected chi connectivity index (χ1v) is 11.6. The Hall–Kier alpha value is -4.84. The summed E-state index contributed by atoms with van der Waals surface area (Å²) >= 11 is 0. The summed E-state index contributed by atoms with van der Waals surface area (Å²) in [5.74, 6) is -0.0404. The van der Waals surface area contributed by atoms with Crippen molar-refractivity contribution in [1.82, 2.24) is 24.7 Å².